The summed E-state index contributed by atoms with van der Waals surface area (Å²) >= 11 is 1.46. The second-order valence-electron chi connectivity index (χ2n) is 6.40. The maximum Gasteiger partial charge on any atom is 0.341 e. The SMILES string of the molecule is COC(=O)c1c(NC(=O)COc2ccc3ccccc3c2)sc2c1CCC2. The number of amides is 1. The number of thiophene rings is 1. The van der Waals surface area contributed by atoms with Gasteiger partial charge in [0.1, 0.15) is 10.8 Å². The van der Waals surface area contributed by atoms with Gasteiger partial charge >= 0.3 is 5.97 Å². The lowest BCUT2D eigenvalue weighted by Gasteiger charge is -2.09. The summed E-state index contributed by atoms with van der Waals surface area (Å²) in [5, 5.41) is 5.54. The molecule has 0 saturated heterocycles. The average molecular weight is 381 g/mol. The van der Waals surface area contributed by atoms with Gasteiger partial charge in [-0.2, -0.15) is 0 Å². The van der Waals surface area contributed by atoms with Crippen LogP contribution in [0.4, 0.5) is 5.00 Å². The zero-order valence-electron chi connectivity index (χ0n) is 14.9. The van der Waals surface area contributed by atoms with Crippen molar-refractivity contribution in [2.75, 3.05) is 19.0 Å². The summed E-state index contributed by atoms with van der Waals surface area (Å²) in [7, 11) is 1.36. The van der Waals surface area contributed by atoms with Crippen LogP contribution in [-0.2, 0) is 22.4 Å². The maximum atomic E-state index is 12.4. The number of ether oxygens (including phenoxy) is 2. The Morgan fingerprint density at radius 1 is 1.11 bits per heavy atom. The van der Waals surface area contributed by atoms with Gasteiger partial charge in [-0.15, -0.1) is 11.3 Å². The Labute approximate surface area is 160 Å². The van der Waals surface area contributed by atoms with Crippen molar-refractivity contribution in [3.63, 3.8) is 0 Å². The lowest BCUT2D eigenvalue weighted by atomic mass is 10.1. The topological polar surface area (TPSA) is 64.6 Å². The predicted molar refractivity (Wildman–Crippen MR) is 106 cm³/mol. The molecule has 1 amide bonds. The lowest BCUT2D eigenvalue weighted by Crippen LogP contribution is -2.21. The van der Waals surface area contributed by atoms with Crippen LogP contribution in [0.2, 0.25) is 0 Å². The van der Waals surface area contributed by atoms with Gasteiger partial charge in [-0.3, -0.25) is 4.79 Å². The largest absolute Gasteiger partial charge is 0.484 e. The molecule has 1 aliphatic carbocycles. The minimum absolute atomic E-state index is 0.123. The minimum atomic E-state index is -0.403. The second kappa shape index (κ2) is 7.40. The van der Waals surface area contributed by atoms with E-state index in [4.69, 9.17) is 9.47 Å². The Kier molecular flexibility index (Phi) is 4.81. The summed E-state index contributed by atoms with van der Waals surface area (Å²) in [5.74, 6) is -0.0703. The van der Waals surface area contributed by atoms with Crippen molar-refractivity contribution in [3.8, 4) is 5.75 Å². The highest BCUT2D eigenvalue weighted by Gasteiger charge is 2.28. The molecule has 1 heterocycles. The Morgan fingerprint density at radius 2 is 1.93 bits per heavy atom. The number of nitrogens with one attached hydrogen (secondary N) is 1. The van der Waals surface area contributed by atoms with Crippen LogP contribution in [0.1, 0.15) is 27.2 Å². The van der Waals surface area contributed by atoms with Crippen LogP contribution in [0.25, 0.3) is 10.8 Å². The molecule has 0 spiro atoms. The summed E-state index contributed by atoms with van der Waals surface area (Å²) < 4.78 is 10.5. The van der Waals surface area contributed by atoms with Gasteiger partial charge in [-0.05, 0) is 47.7 Å². The number of hydrogen-bond donors (Lipinski definition) is 1. The lowest BCUT2D eigenvalue weighted by molar-refractivity contribution is -0.118. The van der Waals surface area contributed by atoms with E-state index in [0.717, 1.165) is 40.5 Å². The number of carbonyl (C=O) groups is 2. The summed E-state index contributed by atoms with van der Waals surface area (Å²) in [6, 6.07) is 13.7. The number of benzene rings is 2. The van der Waals surface area contributed by atoms with E-state index in [1.54, 1.807) is 0 Å². The molecule has 0 aliphatic heterocycles. The van der Waals surface area contributed by atoms with Gasteiger partial charge < -0.3 is 14.8 Å². The summed E-state index contributed by atoms with van der Waals surface area (Å²) in [6.07, 6.45) is 2.82. The van der Waals surface area contributed by atoms with Crippen LogP contribution in [0.3, 0.4) is 0 Å². The molecule has 0 saturated carbocycles. The smallest absolute Gasteiger partial charge is 0.341 e. The molecule has 4 rings (SSSR count). The van der Waals surface area contributed by atoms with Crippen LogP contribution in [0.5, 0.6) is 5.75 Å². The molecule has 0 atom stereocenters. The van der Waals surface area contributed by atoms with Crippen LogP contribution in [-0.4, -0.2) is 25.6 Å². The average Bonchev–Trinajstić information content (AvgIpc) is 3.26. The molecule has 3 aromatic rings. The van der Waals surface area contributed by atoms with E-state index in [1.165, 1.54) is 18.4 Å². The second-order valence-corrected chi connectivity index (χ2v) is 7.50. The van der Waals surface area contributed by atoms with Crippen LogP contribution < -0.4 is 10.1 Å². The summed E-state index contributed by atoms with van der Waals surface area (Å²) in [5.41, 5.74) is 1.51. The number of hydrogen-bond acceptors (Lipinski definition) is 5. The van der Waals surface area contributed by atoms with Gasteiger partial charge in [0.2, 0.25) is 0 Å². The highest BCUT2D eigenvalue weighted by atomic mass is 32.1. The van der Waals surface area contributed by atoms with Crippen LogP contribution >= 0.6 is 11.3 Å². The Morgan fingerprint density at radius 3 is 2.74 bits per heavy atom. The third-order valence-electron chi connectivity index (χ3n) is 4.65. The quantitative estimate of drug-likeness (QED) is 0.673. The maximum absolute atomic E-state index is 12.4. The van der Waals surface area contributed by atoms with E-state index < -0.39 is 5.97 Å². The van der Waals surface area contributed by atoms with Gasteiger partial charge in [-0.25, -0.2) is 4.79 Å². The molecule has 1 N–H and O–H groups in total. The molecule has 5 nitrogen and oxygen atoms in total. The molecule has 0 bridgehead atoms. The first-order valence-electron chi connectivity index (χ1n) is 8.80. The van der Waals surface area contributed by atoms with Crippen molar-refractivity contribution < 1.29 is 19.1 Å². The first kappa shape index (κ1) is 17.5. The van der Waals surface area contributed by atoms with E-state index in [0.29, 0.717) is 16.3 Å². The van der Waals surface area contributed by atoms with Gasteiger partial charge in [0.15, 0.2) is 6.61 Å². The molecule has 1 aromatic heterocycles. The number of carbonyl (C=O) groups excluding carboxylic acids is 2. The van der Waals surface area contributed by atoms with Crippen molar-refractivity contribution >= 4 is 39.0 Å². The zero-order chi connectivity index (χ0) is 18.8. The molecular formula is C21H19NO4S. The Bertz CT molecular complexity index is 1020. The predicted octanol–water partition coefficient (Wildman–Crippen LogP) is 4.19. The van der Waals surface area contributed by atoms with Crippen molar-refractivity contribution in [3.05, 3.63) is 58.5 Å². The molecule has 1 aliphatic rings. The fourth-order valence-corrected chi connectivity index (χ4v) is 4.67. The molecule has 138 valence electrons. The number of rotatable bonds is 5. The summed E-state index contributed by atoms with van der Waals surface area (Å²) in [4.78, 5) is 25.7. The van der Waals surface area contributed by atoms with E-state index in [2.05, 4.69) is 5.32 Å². The molecular weight excluding hydrogens is 362 g/mol. The molecule has 27 heavy (non-hydrogen) atoms. The van der Waals surface area contributed by atoms with Gasteiger partial charge in [0.05, 0.1) is 12.7 Å². The number of anilines is 1. The van der Waals surface area contributed by atoms with Gasteiger partial charge in [0, 0.05) is 4.88 Å². The fourth-order valence-electron chi connectivity index (χ4n) is 3.38. The fraction of sp³-hybridized carbons (Fsp3) is 0.238. The Balaban J connectivity index is 1.46. The highest BCUT2D eigenvalue weighted by Crippen LogP contribution is 2.39. The van der Waals surface area contributed by atoms with Crippen molar-refractivity contribution in [2.24, 2.45) is 0 Å². The van der Waals surface area contributed by atoms with Gasteiger partial charge in [-0.1, -0.05) is 30.3 Å². The number of methoxy groups -OCH3 is 1. The number of fused-ring (bicyclic) bond motifs is 2. The number of aryl methyl sites for hydroxylation is 1. The van der Waals surface area contributed by atoms with Crippen LogP contribution in [0, 0.1) is 0 Å². The highest BCUT2D eigenvalue weighted by molar-refractivity contribution is 7.17. The van der Waals surface area contributed by atoms with E-state index in [1.807, 2.05) is 42.5 Å². The minimum Gasteiger partial charge on any atom is -0.484 e. The van der Waals surface area contributed by atoms with Crippen LogP contribution in [0.15, 0.2) is 42.5 Å². The van der Waals surface area contributed by atoms with E-state index >= 15 is 0 Å². The van der Waals surface area contributed by atoms with Crippen molar-refractivity contribution in [1.29, 1.82) is 0 Å². The molecule has 0 unspecified atom stereocenters. The van der Waals surface area contributed by atoms with Crippen molar-refractivity contribution in [2.45, 2.75) is 19.3 Å². The molecule has 0 radical (unpaired) electrons. The molecule has 6 heteroatoms. The normalized spacial score (nSPS) is 12.6. The van der Waals surface area contributed by atoms with Gasteiger partial charge in [0.25, 0.3) is 5.91 Å². The summed E-state index contributed by atoms with van der Waals surface area (Å²) in [6.45, 7) is -0.123. The van der Waals surface area contributed by atoms with E-state index in [-0.39, 0.29) is 12.5 Å². The first-order valence-corrected chi connectivity index (χ1v) is 9.61. The third kappa shape index (κ3) is 3.53. The standard InChI is InChI=1S/C21H19NO4S/c1-25-21(24)19-16-7-4-8-17(16)27-20(19)22-18(23)12-26-15-10-9-13-5-2-3-6-14(13)11-15/h2-3,5-6,9-11H,4,7-8,12H2,1H3,(H,22,23). The molecule has 2 aromatic carbocycles. The molecule has 0 fully saturated rings. The van der Waals surface area contributed by atoms with Crippen molar-refractivity contribution in [1.82, 2.24) is 0 Å². The number of esters is 1. The first-order chi connectivity index (χ1) is 13.2. The van der Waals surface area contributed by atoms with E-state index in [9.17, 15) is 9.59 Å². The third-order valence-corrected chi connectivity index (χ3v) is 5.86. The Hall–Kier alpha value is -2.86. The monoisotopic (exact) mass is 381 g/mol. The zero-order valence-corrected chi connectivity index (χ0v) is 15.7.